The highest BCUT2D eigenvalue weighted by molar-refractivity contribution is 14.1. The number of halogens is 1. The van der Waals surface area contributed by atoms with Crippen LogP contribution in [0, 0.1) is 10.5 Å². The highest BCUT2D eigenvalue weighted by atomic mass is 127. The monoisotopic (exact) mass is 286 g/mol. The Labute approximate surface area is 93.4 Å². The second-order valence-corrected chi connectivity index (χ2v) is 3.94. The van der Waals surface area contributed by atoms with Gasteiger partial charge in [0.25, 0.3) is 0 Å². The van der Waals surface area contributed by atoms with Gasteiger partial charge in [0, 0.05) is 9.26 Å². The molecule has 0 saturated heterocycles. The summed E-state index contributed by atoms with van der Waals surface area (Å²) in [5, 5.41) is 3.20. The fraction of sp³-hybridized carbons (Fsp3) is 0.182. The first-order chi connectivity index (χ1) is 6.33. The van der Waals surface area contributed by atoms with Crippen LogP contribution in [0.5, 0.6) is 0 Å². The molecule has 0 aliphatic rings. The Morgan fingerprint density at radius 3 is 2.62 bits per heavy atom. The summed E-state index contributed by atoms with van der Waals surface area (Å²) in [6, 6.07) is 8.29. The van der Waals surface area contributed by atoms with Crippen molar-refractivity contribution in [1.29, 1.82) is 0 Å². The maximum atomic E-state index is 3.76. The summed E-state index contributed by atoms with van der Waals surface area (Å²) in [5.74, 6) is 0. The summed E-state index contributed by atoms with van der Waals surface area (Å²) in [7, 11) is 0. The van der Waals surface area contributed by atoms with Gasteiger partial charge in [0.15, 0.2) is 0 Å². The molecular formula is C11H13IN. The molecule has 0 heterocycles. The average Bonchev–Trinajstić information content (AvgIpc) is 2.15. The molecule has 0 aliphatic carbocycles. The lowest BCUT2D eigenvalue weighted by atomic mass is 10.3. The molecule has 0 aliphatic heterocycles. The fourth-order valence-corrected chi connectivity index (χ4v) is 1.26. The van der Waals surface area contributed by atoms with E-state index in [4.69, 9.17) is 0 Å². The van der Waals surface area contributed by atoms with E-state index in [0.29, 0.717) is 0 Å². The number of unbranched alkanes of at least 4 members (excludes halogenated alkanes) is 1. The van der Waals surface area contributed by atoms with Gasteiger partial charge < -0.3 is 5.32 Å². The molecule has 0 atom stereocenters. The minimum atomic E-state index is 0.949. The van der Waals surface area contributed by atoms with E-state index in [2.05, 4.69) is 65.2 Å². The molecule has 1 aromatic carbocycles. The highest BCUT2D eigenvalue weighted by Gasteiger charge is 1.87. The smallest absolute Gasteiger partial charge is 0.0380 e. The van der Waals surface area contributed by atoms with E-state index in [1.807, 2.05) is 6.20 Å². The summed E-state index contributed by atoms with van der Waals surface area (Å²) in [5.41, 5.74) is 1.13. The molecule has 1 rings (SSSR count). The van der Waals surface area contributed by atoms with Gasteiger partial charge in [0.2, 0.25) is 0 Å². The molecule has 1 nitrogen and oxygen atoms in total. The maximum Gasteiger partial charge on any atom is 0.0380 e. The van der Waals surface area contributed by atoms with Gasteiger partial charge in [-0.25, -0.2) is 0 Å². The van der Waals surface area contributed by atoms with Gasteiger partial charge in [-0.1, -0.05) is 13.0 Å². The van der Waals surface area contributed by atoms with Crippen LogP contribution in [0.4, 0.5) is 5.69 Å². The number of benzene rings is 1. The summed E-state index contributed by atoms with van der Waals surface area (Å²) < 4.78 is 1.25. The summed E-state index contributed by atoms with van der Waals surface area (Å²) in [4.78, 5) is 0. The molecule has 1 N–H and O–H groups in total. The molecule has 0 unspecified atom stereocenters. The zero-order valence-corrected chi connectivity index (χ0v) is 9.62. The number of nitrogens with one attached hydrogen (secondary N) is 1. The quantitative estimate of drug-likeness (QED) is 0.829. The van der Waals surface area contributed by atoms with Crippen molar-refractivity contribution in [2.45, 2.75) is 12.8 Å². The number of rotatable bonds is 4. The first kappa shape index (κ1) is 10.6. The highest BCUT2D eigenvalue weighted by Crippen LogP contribution is 2.10. The van der Waals surface area contributed by atoms with Gasteiger partial charge in [-0.3, -0.25) is 0 Å². The van der Waals surface area contributed by atoms with Crippen LogP contribution in [0.1, 0.15) is 12.8 Å². The van der Waals surface area contributed by atoms with E-state index in [9.17, 15) is 0 Å². The Morgan fingerprint density at radius 1 is 1.31 bits per heavy atom. The minimum Gasteiger partial charge on any atom is -0.362 e. The van der Waals surface area contributed by atoms with Crippen molar-refractivity contribution in [2.75, 3.05) is 5.32 Å². The van der Waals surface area contributed by atoms with E-state index < -0.39 is 0 Å². The third-order valence-electron chi connectivity index (χ3n) is 1.58. The summed E-state index contributed by atoms with van der Waals surface area (Å²) >= 11 is 2.29. The van der Waals surface area contributed by atoms with Gasteiger partial charge in [0.05, 0.1) is 0 Å². The lowest BCUT2D eigenvalue weighted by Gasteiger charge is -1.99. The van der Waals surface area contributed by atoms with Crippen LogP contribution in [0.2, 0.25) is 0 Å². The molecule has 2 heteroatoms. The Hall–Kier alpha value is -0.510. The van der Waals surface area contributed by atoms with Crippen molar-refractivity contribution in [2.24, 2.45) is 0 Å². The number of anilines is 1. The van der Waals surface area contributed by atoms with Crippen molar-refractivity contribution < 1.29 is 0 Å². The molecule has 13 heavy (non-hydrogen) atoms. The molecule has 1 aromatic rings. The van der Waals surface area contributed by atoms with Gasteiger partial charge in [-0.05, 0) is 65.9 Å². The zero-order valence-electron chi connectivity index (χ0n) is 7.46. The third-order valence-corrected chi connectivity index (χ3v) is 2.30. The molecule has 0 saturated carbocycles. The number of hydrogen-bond donors (Lipinski definition) is 1. The predicted molar refractivity (Wildman–Crippen MR) is 66.5 cm³/mol. The first-order valence-electron chi connectivity index (χ1n) is 4.29. The van der Waals surface area contributed by atoms with Gasteiger partial charge in [0.1, 0.15) is 0 Å². The lowest BCUT2D eigenvalue weighted by Crippen LogP contribution is -1.86. The van der Waals surface area contributed by atoms with Gasteiger partial charge in [-0.15, -0.1) is 0 Å². The summed E-state index contributed by atoms with van der Waals surface area (Å²) in [6.45, 7) is 3.76. The van der Waals surface area contributed by atoms with Crippen LogP contribution in [0.3, 0.4) is 0 Å². The van der Waals surface area contributed by atoms with E-state index in [1.54, 1.807) is 0 Å². The van der Waals surface area contributed by atoms with Crippen LogP contribution >= 0.6 is 22.6 Å². The maximum absolute atomic E-state index is 3.76. The Balaban J connectivity index is 2.41. The molecular weight excluding hydrogens is 273 g/mol. The lowest BCUT2D eigenvalue weighted by molar-refractivity contribution is 1.05. The Kier molecular flexibility index (Phi) is 4.90. The predicted octanol–water partition coefficient (Wildman–Crippen LogP) is 3.83. The molecule has 69 valence electrons. The normalized spacial score (nSPS) is 10.6. The van der Waals surface area contributed by atoms with Crippen molar-refractivity contribution in [3.05, 3.63) is 47.0 Å². The zero-order chi connectivity index (χ0) is 9.52. The average molecular weight is 286 g/mol. The van der Waals surface area contributed by atoms with E-state index in [-0.39, 0.29) is 0 Å². The van der Waals surface area contributed by atoms with Gasteiger partial charge in [-0.2, -0.15) is 0 Å². The Bertz CT molecular complexity index is 264. The van der Waals surface area contributed by atoms with Crippen LogP contribution in [-0.4, -0.2) is 0 Å². The summed E-state index contributed by atoms with van der Waals surface area (Å²) in [6.07, 6.45) is 6.03. The largest absolute Gasteiger partial charge is 0.362 e. The Morgan fingerprint density at radius 2 is 2.00 bits per heavy atom. The minimum absolute atomic E-state index is 0.949. The van der Waals surface area contributed by atoms with E-state index in [0.717, 1.165) is 18.5 Å². The van der Waals surface area contributed by atoms with Crippen molar-refractivity contribution >= 4 is 28.3 Å². The van der Waals surface area contributed by atoms with Gasteiger partial charge >= 0.3 is 0 Å². The van der Waals surface area contributed by atoms with E-state index in [1.165, 1.54) is 3.57 Å². The topological polar surface area (TPSA) is 12.0 Å². The molecule has 0 fully saturated rings. The standard InChI is InChI=1S/C11H13IN/c1-2-3-4-9-13-11-7-5-10(12)6-8-11/h4-9,13H,1-3H2/b9-4+. The van der Waals surface area contributed by atoms with Crippen LogP contribution in [0.25, 0.3) is 0 Å². The fourth-order valence-electron chi connectivity index (χ4n) is 0.902. The SMILES string of the molecule is [CH2]CC/C=C/Nc1ccc(I)cc1. The molecule has 0 aromatic heterocycles. The van der Waals surface area contributed by atoms with Crippen molar-refractivity contribution in [1.82, 2.24) is 0 Å². The van der Waals surface area contributed by atoms with Crippen molar-refractivity contribution in [3.63, 3.8) is 0 Å². The molecule has 0 spiro atoms. The number of hydrogen-bond acceptors (Lipinski definition) is 1. The van der Waals surface area contributed by atoms with Crippen LogP contribution < -0.4 is 5.32 Å². The van der Waals surface area contributed by atoms with Crippen LogP contribution in [0.15, 0.2) is 36.5 Å². The molecule has 0 amide bonds. The molecule has 0 bridgehead atoms. The van der Waals surface area contributed by atoms with E-state index >= 15 is 0 Å². The first-order valence-corrected chi connectivity index (χ1v) is 5.37. The second-order valence-electron chi connectivity index (χ2n) is 2.70. The third kappa shape index (κ3) is 4.31. The second kappa shape index (κ2) is 6.02. The number of allylic oxidation sites excluding steroid dienone is 1. The van der Waals surface area contributed by atoms with Crippen LogP contribution in [-0.2, 0) is 0 Å². The van der Waals surface area contributed by atoms with Crippen molar-refractivity contribution in [3.8, 4) is 0 Å². The molecule has 1 radical (unpaired) electrons.